The van der Waals surface area contributed by atoms with Crippen LogP contribution in [0.15, 0.2) is 12.2 Å². The van der Waals surface area contributed by atoms with E-state index in [1.807, 2.05) is 34.6 Å². The highest BCUT2D eigenvalue weighted by Crippen LogP contribution is 2.70. The largest absolute Gasteiger partial charge is 0.442 e. The van der Waals surface area contributed by atoms with E-state index in [4.69, 9.17) is 14.5 Å². The van der Waals surface area contributed by atoms with Gasteiger partial charge in [-0.3, -0.25) is 0 Å². The third kappa shape index (κ3) is 3.89. The van der Waals surface area contributed by atoms with Crippen molar-refractivity contribution in [3.8, 4) is 11.8 Å². The summed E-state index contributed by atoms with van der Waals surface area (Å²) >= 11 is 0. The lowest BCUT2D eigenvalue weighted by Gasteiger charge is -2.44. The number of hydrogen-bond donors (Lipinski definition) is 0. The van der Waals surface area contributed by atoms with Crippen molar-refractivity contribution in [3.63, 3.8) is 0 Å². The molecule has 0 N–H and O–H groups in total. The predicted molar refractivity (Wildman–Crippen MR) is 111 cm³/mol. The third-order valence-electron chi connectivity index (χ3n) is 7.37. The standard InChI is InChI=1S/C24H38O4/c1-11-20(4,5)27-28-21(6,7)14-15-24(26-19(25)17(2)3)16-18-12-13-23(24,10)22(18,8)9/h18H,2,11-13,16H2,1,3-10H3/t18-,23-,24+/m0/s1. The summed E-state index contributed by atoms with van der Waals surface area (Å²) in [4.78, 5) is 23.8. The summed E-state index contributed by atoms with van der Waals surface area (Å²) < 4.78 is 6.09. The lowest BCUT2D eigenvalue weighted by Crippen LogP contribution is -2.50. The molecule has 0 radical (unpaired) electrons. The van der Waals surface area contributed by atoms with Gasteiger partial charge in [-0.2, -0.15) is 0 Å². The van der Waals surface area contributed by atoms with Crippen LogP contribution in [0, 0.1) is 28.6 Å². The Labute approximate surface area is 171 Å². The van der Waals surface area contributed by atoms with Gasteiger partial charge in [-0.15, -0.1) is 0 Å². The van der Waals surface area contributed by atoms with E-state index in [-0.39, 0.29) is 22.4 Å². The van der Waals surface area contributed by atoms with Gasteiger partial charge in [0.15, 0.2) is 11.2 Å². The summed E-state index contributed by atoms with van der Waals surface area (Å²) in [6.45, 7) is 22.0. The minimum absolute atomic E-state index is 0.0444. The van der Waals surface area contributed by atoms with Crippen LogP contribution in [0.5, 0.6) is 0 Å². The van der Waals surface area contributed by atoms with Crippen LogP contribution in [0.1, 0.15) is 88.0 Å². The maximum absolute atomic E-state index is 12.5. The molecule has 2 aliphatic rings. The smallest absolute Gasteiger partial charge is 0.334 e. The fourth-order valence-electron chi connectivity index (χ4n) is 4.41. The molecular weight excluding hydrogens is 352 g/mol. The highest BCUT2D eigenvalue weighted by Gasteiger charge is 2.70. The van der Waals surface area contributed by atoms with Crippen molar-refractivity contribution in [2.75, 3.05) is 0 Å². The van der Waals surface area contributed by atoms with Gasteiger partial charge in [-0.05, 0) is 65.2 Å². The summed E-state index contributed by atoms with van der Waals surface area (Å²) in [6, 6.07) is 0. The lowest BCUT2D eigenvalue weighted by molar-refractivity contribution is -0.388. The predicted octanol–water partition coefficient (Wildman–Crippen LogP) is 5.61. The van der Waals surface area contributed by atoms with Crippen molar-refractivity contribution in [2.24, 2.45) is 16.7 Å². The van der Waals surface area contributed by atoms with E-state index in [0.717, 1.165) is 25.7 Å². The molecule has 2 saturated carbocycles. The first-order valence-corrected chi connectivity index (χ1v) is 10.4. The number of carbonyl (C=O) groups is 1. The normalized spacial score (nSPS) is 31.2. The zero-order chi connectivity index (χ0) is 21.6. The Morgan fingerprint density at radius 1 is 1.18 bits per heavy atom. The zero-order valence-electron chi connectivity index (χ0n) is 19.2. The van der Waals surface area contributed by atoms with Crippen LogP contribution in [0.2, 0.25) is 0 Å². The first-order valence-electron chi connectivity index (χ1n) is 10.4. The molecule has 3 atom stereocenters. The molecule has 4 nitrogen and oxygen atoms in total. The minimum Gasteiger partial charge on any atom is -0.442 e. The molecule has 0 spiro atoms. The quantitative estimate of drug-likeness (QED) is 0.194. The molecule has 2 rings (SSSR count). The molecule has 158 valence electrons. The monoisotopic (exact) mass is 390 g/mol. The fraction of sp³-hybridized carbons (Fsp3) is 0.792. The van der Waals surface area contributed by atoms with Crippen molar-refractivity contribution < 1.29 is 19.3 Å². The first kappa shape index (κ1) is 23.0. The molecule has 2 fully saturated rings. The second-order valence-electron chi connectivity index (χ2n) is 10.5. The zero-order valence-corrected chi connectivity index (χ0v) is 19.2. The van der Waals surface area contributed by atoms with E-state index < -0.39 is 11.2 Å². The van der Waals surface area contributed by atoms with Gasteiger partial charge in [-0.1, -0.05) is 46.1 Å². The topological polar surface area (TPSA) is 44.8 Å². The molecule has 2 bridgehead atoms. The Bertz CT molecular complexity index is 706. The van der Waals surface area contributed by atoms with Gasteiger partial charge < -0.3 is 4.74 Å². The number of esters is 1. The fourth-order valence-corrected chi connectivity index (χ4v) is 4.41. The Kier molecular flexibility index (Phi) is 5.89. The van der Waals surface area contributed by atoms with Crippen LogP contribution in [-0.2, 0) is 19.3 Å². The highest BCUT2D eigenvalue weighted by atomic mass is 17.2. The minimum atomic E-state index is -0.837. The molecule has 0 aromatic heterocycles. The Hall–Kier alpha value is -1.31. The van der Waals surface area contributed by atoms with E-state index >= 15 is 0 Å². The van der Waals surface area contributed by atoms with Crippen molar-refractivity contribution in [1.82, 2.24) is 0 Å². The number of ether oxygens (including phenoxy) is 1. The van der Waals surface area contributed by atoms with Crippen molar-refractivity contribution in [3.05, 3.63) is 12.2 Å². The van der Waals surface area contributed by atoms with Gasteiger partial charge in [0.2, 0.25) is 0 Å². The Morgan fingerprint density at radius 3 is 2.21 bits per heavy atom. The van der Waals surface area contributed by atoms with Crippen molar-refractivity contribution in [1.29, 1.82) is 0 Å². The molecule has 2 aliphatic carbocycles. The SMILES string of the molecule is C=C(C)C(=O)O[C@]1(C#CC(C)(C)OOC(C)(C)CC)C[C@@H]2CC[C@@]1(C)C2(C)C. The summed E-state index contributed by atoms with van der Waals surface area (Å²) in [7, 11) is 0. The van der Waals surface area contributed by atoms with Crippen LogP contribution in [0.4, 0.5) is 0 Å². The number of fused-ring (bicyclic) bond motifs is 2. The van der Waals surface area contributed by atoms with Gasteiger partial charge in [0, 0.05) is 17.4 Å². The van der Waals surface area contributed by atoms with Gasteiger partial charge in [0.1, 0.15) is 0 Å². The van der Waals surface area contributed by atoms with Crippen LogP contribution >= 0.6 is 0 Å². The molecule has 0 aromatic carbocycles. The molecule has 0 unspecified atom stereocenters. The summed E-state index contributed by atoms with van der Waals surface area (Å²) in [5, 5.41) is 0. The first-order chi connectivity index (χ1) is 12.6. The van der Waals surface area contributed by atoms with Gasteiger partial charge in [-0.25, -0.2) is 14.6 Å². The van der Waals surface area contributed by atoms with Gasteiger partial charge in [0.05, 0.1) is 5.60 Å². The molecule has 0 aliphatic heterocycles. The van der Waals surface area contributed by atoms with Gasteiger partial charge in [0.25, 0.3) is 0 Å². The second kappa shape index (κ2) is 7.18. The maximum Gasteiger partial charge on any atom is 0.334 e. The van der Waals surface area contributed by atoms with Gasteiger partial charge >= 0.3 is 5.97 Å². The molecule has 4 heteroatoms. The Morgan fingerprint density at radius 2 is 1.79 bits per heavy atom. The van der Waals surface area contributed by atoms with Crippen LogP contribution in [0.3, 0.4) is 0 Å². The van der Waals surface area contributed by atoms with Crippen LogP contribution < -0.4 is 0 Å². The van der Waals surface area contributed by atoms with E-state index in [0.29, 0.717) is 11.5 Å². The molecule has 0 amide bonds. The van der Waals surface area contributed by atoms with E-state index in [9.17, 15) is 4.79 Å². The molecule has 0 heterocycles. The second-order valence-corrected chi connectivity index (χ2v) is 10.5. The van der Waals surface area contributed by atoms with Crippen LogP contribution in [0.25, 0.3) is 0 Å². The van der Waals surface area contributed by atoms with Crippen molar-refractivity contribution >= 4 is 5.97 Å². The number of carbonyl (C=O) groups excluding carboxylic acids is 1. The summed E-state index contributed by atoms with van der Waals surface area (Å²) in [5.74, 6) is 6.69. The summed E-state index contributed by atoms with van der Waals surface area (Å²) in [6.07, 6.45) is 3.71. The lowest BCUT2D eigenvalue weighted by atomic mass is 9.64. The maximum atomic E-state index is 12.5. The highest BCUT2D eigenvalue weighted by molar-refractivity contribution is 5.87. The van der Waals surface area contributed by atoms with E-state index in [1.165, 1.54) is 0 Å². The third-order valence-corrected chi connectivity index (χ3v) is 7.37. The molecule has 28 heavy (non-hydrogen) atoms. The van der Waals surface area contributed by atoms with E-state index in [1.54, 1.807) is 6.92 Å². The number of rotatable bonds is 6. The average Bonchev–Trinajstić information content (AvgIpc) is 2.91. The molecule has 0 saturated heterocycles. The van der Waals surface area contributed by atoms with Crippen molar-refractivity contribution in [2.45, 2.75) is 105 Å². The molecule has 0 aromatic rings. The van der Waals surface area contributed by atoms with Crippen LogP contribution in [-0.4, -0.2) is 22.8 Å². The molecular formula is C24H38O4. The van der Waals surface area contributed by atoms with E-state index in [2.05, 4.69) is 39.2 Å². The Balaban J connectivity index is 2.38. The summed E-state index contributed by atoms with van der Waals surface area (Å²) in [5.41, 5.74) is -1.82. The average molecular weight is 391 g/mol. The number of hydrogen-bond acceptors (Lipinski definition) is 4.